The minimum Gasteiger partial charge on any atom is -0.493 e. The maximum Gasteiger partial charge on any atom is 0.276 e. The number of nitrogens with zero attached hydrogens (tertiary/aromatic N) is 5. The number of anilines is 1. The molecule has 0 aliphatic carbocycles. The summed E-state index contributed by atoms with van der Waals surface area (Å²) in [7, 11) is 0.513. The number of hydrogen-bond donors (Lipinski definition) is 4. The molecule has 1 aromatic carbocycles. The van der Waals surface area contributed by atoms with Crippen LogP contribution in [0.15, 0.2) is 44.8 Å². The summed E-state index contributed by atoms with van der Waals surface area (Å²) in [6.07, 6.45) is 1.53. The van der Waals surface area contributed by atoms with Crippen LogP contribution in [0.1, 0.15) is 24.9 Å². The van der Waals surface area contributed by atoms with Crippen LogP contribution in [0.5, 0.6) is 11.8 Å². The highest BCUT2D eigenvalue weighted by Crippen LogP contribution is 2.44. The Morgan fingerprint density at radius 3 is 2.44 bits per heavy atom. The third kappa shape index (κ3) is 5.20. The van der Waals surface area contributed by atoms with Gasteiger partial charge in [0.05, 0.1) is 12.3 Å². The van der Waals surface area contributed by atoms with E-state index in [1.54, 1.807) is 0 Å². The molecule has 13 heteroatoms. The molecule has 1 aliphatic heterocycles. The van der Waals surface area contributed by atoms with Crippen LogP contribution in [0.4, 0.5) is 11.4 Å². The van der Waals surface area contributed by atoms with Gasteiger partial charge in [-0.3, -0.25) is 9.78 Å². The monoisotopic (exact) mass is 489 g/mol. The largest absolute Gasteiger partial charge is 0.493 e. The van der Waals surface area contributed by atoms with Crippen LogP contribution in [0.2, 0.25) is 0 Å². The van der Waals surface area contributed by atoms with Gasteiger partial charge >= 0.3 is 0 Å². The summed E-state index contributed by atoms with van der Waals surface area (Å²) in [6, 6.07) is 9.27. The number of sulfonamides is 1. The maximum atomic E-state index is 12.6. The fraction of sp³-hybridized carbons (Fsp3) is 0.333. The molecule has 0 saturated carbocycles. The van der Waals surface area contributed by atoms with E-state index in [1.165, 1.54) is 31.1 Å². The molecule has 1 aliphatic rings. The Morgan fingerprint density at radius 2 is 1.88 bits per heavy atom. The van der Waals surface area contributed by atoms with Crippen molar-refractivity contribution in [2.24, 2.45) is 14.5 Å². The van der Waals surface area contributed by atoms with Crippen molar-refractivity contribution in [2.45, 2.75) is 19.4 Å². The van der Waals surface area contributed by atoms with E-state index in [4.69, 9.17) is 0 Å². The molecule has 1 amide bonds. The number of amidine groups is 1. The van der Waals surface area contributed by atoms with Gasteiger partial charge in [0.2, 0.25) is 11.8 Å². The number of hydrazone groups is 1. The molecule has 12 nitrogen and oxygen atoms in total. The highest BCUT2D eigenvalue weighted by molar-refractivity contribution is 7.89. The van der Waals surface area contributed by atoms with Crippen LogP contribution in [0.25, 0.3) is 0 Å². The lowest BCUT2D eigenvalue weighted by Crippen LogP contribution is -2.36. The van der Waals surface area contributed by atoms with Gasteiger partial charge < -0.3 is 20.4 Å². The molecular formula is C21H27N7O5S. The molecule has 34 heavy (non-hydrogen) atoms. The third-order valence-corrected chi connectivity index (χ3v) is 5.45. The van der Waals surface area contributed by atoms with Gasteiger partial charge in [-0.2, -0.15) is 9.50 Å². The van der Waals surface area contributed by atoms with Crippen molar-refractivity contribution in [2.75, 3.05) is 32.7 Å². The highest BCUT2D eigenvalue weighted by atomic mass is 32.2. The van der Waals surface area contributed by atoms with Crippen molar-refractivity contribution in [3.63, 3.8) is 0 Å². The van der Waals surface area contributed by atoms with E-state index in [-0.39, 0.29) is 40.6 Å². The van der Waals surface area contributed by atoms with Crippen LogP contribution < -0.4 is 5.32 Å². The number of carbonyl (C=O) groups excluding carboxylic acids is 1. The quantitative estimate of drug-likeness (QED) is 0.461. The molecule has 4 N–H and O–H groups in total. The van der Waals surface area contributed by atoms with Crippen LogP contribution in [-0.4, -0.2) is 84.1 Å². The third-order valence-electron chi connectivity index (χ3n) is 4.94. The van der Waals surface area contributed by atoms with Gasteiger partial charge in [-0.25, -0.2) is 18.4 Å². The number of amides is 1. The minimum absolute atomic E-state index is 0.0938. The zero-order chi connectivity index (χ0) is 25.2. The number of nitrogens with one attached hydrogen (secondary N) is 2. The van der Waals surface area contributed by atoms with E-state index in [0.717, 1.165) is 11.8 Å². The molecule has 1 aromatic heterocycles. The van der Waals surface area contributed by atoms with Gasteiger partial charge in [-0.05, 0) is 12.0 Å². The van der Waals surface area contributed by atoms with Gasteiger partial charge in [0.1, 0.15) is 5.69 Å². The summed E-state index contributed by atoms with van der Waals surface area (Å²) in [5.74, 6) is -1.50. The Labute approximate surface area is 197 Å². The average Bonchev–Trinajstić information content (AvgIpc) is 3.20. The second-order valence-electron chi connectivity index (χ2n) is 7.84. The first-order valence-electron chi connectivity index (χ1n) is 10.3. The maximum absolute atomic E-state index is 12.6. The fourth-order valence-electron chi connectivity index (χ4n) is 3.33. The standard InChI is InChI=1S/C21H27N7O5S/c1-6-13(12-10-8-7-9-11-12)22-15-16(20(30)24-19(15)29)23-18-14(26-34(5,32)33)17(25-28(18)4)21(31)27(2)3/h7-11,13,22,24,29-30H,6H2,1-5H3/t13-/m1/s1. The fourth-order valence-corrected chi connectivity index (χ4v) is 3.83. The van der Waals surface area contributed by atoms with Gasteiger partial charge in [0.25, 0.3) is 15.9 Å². The minimum atomic E-state index is -3.93. The van der Waals surface area contributed by atoms with Crippen LogP contribution in [0.3, 0.4) is 0 Å². The van der Waals surface area contributed by atoms with Crippen molar-refractivity contribution in [3.8, 4) is 11.8 Å². The Hall–Kier alpha value is -3.87. The summed E-state index contributed by atoms with van der Waals surface area (Å²) >= 11 is 0. The second-order valence-corrected chi connectivity index (χ2v) is 9.49. The van der Waals surface area contributed by atoms with Crippen LogP contribution >= 0.6 is 0 Å². The molecule has 0 radical (unpaired) electrons. The van der Waals surface area contributed by atoms with Crippen molar-refractivity contribution in [3.05, 3.63) is 35.9 Å². The number of aromatic nitrogens is 1. The van der Waals surface area contributed by atoms with Gasteiger partial charge in [0, 0.05) is 21.1 Å². The van der Waals surface area contributed by atoms with E-state index >= 15 is 0 Å². The molecule has 2 heterocycles. The number of carbonyl (C=O) groups is 1. The van der Waals surface area contributed by atoms with Gasteiger partial charge in [0.15, 0.2) is 22.9 Å². The van der Waals surface area contributed by atoms with Crippen molar-refractivity contribution < 1.29 is 23.4 Å². The molecule has 1 atom stereocenters. The molecule has 0 fully saturated rings. The molecule has 2 aromatic rings. The molecule has 182 valence electrons. The lowest BCUT2D eigenvalue weighted by Gasteiger charge is -2.19. The zero-order valence-electron chi connectivity index (χ0n) is 19.4. The number of H-pyrrole nitrogens is 1. The number of benzene rings is 1. The molecule has 3 rings (SSSR count). The predicted octanol–water partition coefficient (Wildman–Crippen LogP) is 1.81. The topological polar surface area (TPSA) is 163 Å². The average molecular weight is 490 g/mol. The first-order valence-corrected chi connectivity index (χ1v) is 12.2. The summed E-state index contributed by atoms with van der Waals surface area (Å²) in [6.45, 7) is 1.95. The van der Waals surface area contributed by atoms with E-state index in [1.807, 2.05) is 37.3 Å². The van der Waals surface area contributed by atoms with Gasteiger partial charge in [-0.15, -0.1) is 0 Å². The van der Waals surface area contributed by atoms with Crippen molar-refractivity contribution in [1.82, 2.24) is 14.9 Å². The van der Waals surface area contributed by atoms with Crippen molar-refractivity contribution in [1.29, 1.82) is 0 Å². The smallest absolute Gasteiger partial charge is 0.276 e. The molecule has 0 spiro atoms. The Balaban J connectivity index is 2.11. The van der Waals surface area contributed by atoms with E-state index in [2.05, 4.69) is 24.8 Å². The number of rotatable bonds is 7. The van der Waals surface area contributed by atoms with E-state index in [0.29, 0.717) is 6.42 Å². The first kappa shape index (κ1) is 24.8. The number of aromatic hydroxyl groups is 2. The molecule has 0 unspecified atom stereocenters. The first-order chi connectivity index (χ1) is 15.9. The summed E-state index contributed by atoms with van der Waals surface area (Å²) in [4.78, 5) is 20.6. The summed E-state index contributed by atoms with van der Waals surface area (Å²) in [5, 5.41) is 29.3. The van der Waals surface area contributed by atoms with E-state index < -0.39 is 21.8 Å². The molecular weight excluding hydrogens is 462 g/mol. The number of hydrogen-bond acceptors (Lipinski definition) is 8. The normalized spacial score (nSPS) is 17.2. The van der Waals surface area contributed by atoms with Gasteiger partial charge in [-0.1, -0.05) is 37.3 Å². The predicted molar refractivity (Wildman–Crippen MR) is 130 cm³/mol. The SMILES string of the molecule is CC[C@@H](Nc1c(O)[nH]c(O)c1N=C1C(=NS(C)(=O)=O)C(C(=O)N(C)C)=NN1C)c1ccccc1. The van der Waals surface area contributed by atoms with E-state index in [9.17, 15) is 23.4 Å². The lowest BCUT2D eigenvalue weighted by atomic mass is 10.0. The van der Waals surface area contributed by atoms with Crippen molar-refractivity contribution >= 4 is 44.6 Å². The zero-order valence-corrected chi connectivity index (χ0v) is 20.3. The second kappa shape index (κ2) is 9.55. The van der Waals surface area contributed by atoms with Crippen LogP contribution in [0, 0.1) is 0 Å². The summed E-state index contributed by atoms with van der Waals surface area (Å²) < 4.78 is 27.6. The van der Waals surface area contributed by atoms with Crippen LogP contribution in [-0.2, 0) is 14.8 Å². The number of aliphatic imine (C=N–C) groups is 1. The highest BCUT2D eigenvalue weighted by Gasteiger charge is 2.35. The molecule has 0 saturated heterocycles. The Morgan fingerprint density at radius 1 is 1.24 bits per heavy atom. The Kier molecular flexibility index (Phi) is 6.96. The lowest BCUT2D eigenvalue weighted by molar-refractivity contribution is -0.121. The molecule has 0 bridgehead atoms. The number of aromatic amines is 1. The Bertz CT molecular complexity index is 1280. The summed E-state index contributed by atoms with van der Waals surface area (Å²) in [5.41, 5.74) is 0.457.